The molecule has 0 saturated carbocycles. The Labute approximate surface area is 161 Å². The van der Waals surface area contributed by atoms with Crippen LogP contribution in [0.4, 0.5) is 5.69 Å². The molecule has 1 aromatic heterocycles. The summed E-state index contributed by atoms with van der Waals surface area (Å²) >= 11 is 11.1. The SMILES string of the molecule is CCOc1ccc(-c2noc(CNC(=S)Nc3ccc(Cl)cc3)n2)cc1. The Balaban J connectivity index is 1.54. The van der Waals surface area contributed by atoms with Gasteiger partial charge in [0, 0.05) is 16.3 Å². The monoisotopic (exact) mass is 388 g/mol. The molecule has 8 heteroatoms. The quantitative estimate of drug-likeness (QED) is 0.610. The number of nitrogens with zero attached hydrogens (tertiary/aromatic N) is 2. The number of nitrogens with one attached hydrogen (secondary N) is 2. The first kappa shape index (κ1) is 18.2. The summed E-state index contributed by atoms with van der Waals surface area (Å²) in [6.07, 6.45) is 0. The van der Waals surface area contributed by atoms with Gasteiger partial charge in [0.15, 0.2) is 5.11 Å². The van der Waals surface area contributed by atoms with Crippen LogP contribution in [0.3, 0.4) is 0 Å². The van der Waals surface area contributed by atoms with E-state index in [1.54, 1.807) is 12.1 Å². The number of thiocarbonyl (C=S) groups is 1. The zero-order valence-electron chi connectivity index (χ0n) is 14.0. The lowest BCUT2D eigenvalue weighted by atomic mass is 10.2. The van der Waals surface area contributed by atoms with E-state index in [0.717, 1.165) is 17.0 Å². The lowest BCUT2D eigenvalue weighted by molar-refractivity contribution is 0.340. The molecule has 0 amide bonds. The highest BCUT2D eigenvalue weighted by Gasteiger charge is 2.09. The van der Waals surface area contributed by atoms with Crippen LogP contribution in [-0.2, 0) is 6.54 Å². The second-order valence-electron chi connectivity index (χ2n) is 5.28. The van der Waals surface area contributed by atoms with E-state index < -0.39 is 0 Å². The number of hydrogen-bond acceptors (Lipinski definition) is 5. The van der Waals surface area contributed by atoms with Crippen molar-refractivity contribution in [1.29, 1.82) is 0 Å². The number of hydrogen-bond donors (Lipinski definition) is 2. The van der Waals surface area contributed by atoms with Crippen LogP contribution in [0.2, 0.25) is 5.02 Å². The van der Waals surface area contributed by atoms with Crippen molar-refractivity contribution in [3.05, 3.63) is 59.4 Å². The van der Waals surface area contributed by atoms with Gasteiger partial charge in [-0.2, -0.15) is 4.98 Å². The molecule has 134 valence electrons. The molecule has 0 fully saturated rings. The van der Waals surface area contributed by atoms with Gasteiger partial charge in [0.25, 0.3) is 0 Å². The van der Waals surface area contributed by atoms with Crippen molar-refractivity contribution >= 4 is 34.6 Å². The number of rotatable bonds is 6. The molecule has 1 heterocycles. The summed E-state index contributed by atoms with van der Waals surface area (Å²) in [7, 11) is 0. The zero-order chi connectivity index (χ0) is 18.4. The average molecular weight is 389 g/mol. The molecular formula is C18H17ClN4O2S. The van der Waals surface area contributed by atoms with Crippen LogP contribution >= 0.6 is 23.8 Å². The molecule has 0 aliphatic heterocycles. The van der Waals surface area contributed by atoms with Gasteiger partial charge in [0.05, 0.1) is 13.2 Å². The predicted molar refractivity (Wildman–Crippen MR) is 105 cm³/mol. The Kier molecular flexibility index (Phi) is 6.04. The normalized spacial score (nSPS) is 10.4. The summed E-state index contributed by atoms with van der Waals surface area (Å²) in [4.78, 5) is 4.36. The first-order chi connectivity index (χ1) is 12.6. The minimum absolute atomic E-state index is 0.323. The van der Waals surface area contributed by atoms with E-state index in [1.807, 2.05) is 43.3 Å². The molecule has 3 rings (SSSR count). The summed E-state index contributed by atoms with van der Waals surface area (Å²) in [5, 5.41) is 11.2. The van der Waals surface area contributed by atoms with E-state index >= 15 is 0 Å². The lowest BCUT2D eigenvalue weighted by Gasteiger charge is -2.08. The molecule has 0 spiro atoms. The van der Waals surface area contributed by atoms with E-state index in [4.69, 9.17) is 33.1 Å². The van der Waals surface area contributed by atoms with Crippen LogP contribution in [0.5, 0.6) is 5.75 Å². The van der Waals surface area contributed by atoms with Crippen molar-refractivity contribution in [2.75, 3.05) is 11.9 Å². The zero-order valence-corrected chi connectivity index (χ0v) is 15.6. The summed E-state index contributed by atoms with van der Waals surface area (Å²) < 4.78 is 10.7. The molecule has 2 aromatic carbocycles. The highest BCUT2D eigenvalue weighted by molar-refractivity contribution is 7.80. The Morgan fingerprint density at radius 3 is 2.58 bits per heavy atom. The van der Waals surface area contributed by atoms with Crippen molar-refractivity contribution in [3.8, 4) is 17.1 Å². The maximum atomic E-state index is 5.86. The minimum atomic E-state index is 0.323. The smallest absolute Gasteiger partial charge is 0.246 e. The van der Waals surface area contributed by atoms with E-state index in [2.05, 4.69) is 20.8 Å². The number of anilines is 1. The fourth-order valence-corrected chi connectivity index (χ4v) is 2.49. The van der Waals surface area contributed by atoms with Crippen LogP contribution in [-0.4, -0.2) is 21.9 Å². The summed E-state index contributed by atoms with van der Waals surface area (Å²) in [5.74, 6) is 1.76. The fraction of sp³-hybridized carbons (Fsp3) is 0.167. The lowest BCUT2D eigenvalue weighted by Crippen LogP contribution is -2.27. The molecule has 0 aliphatic rings. The van der Waals surface area contributed by atoms with E-state index in [-0.39, 0.29) is 0 Å². The third kappa shape index (κ3) is 4.93. The molecule has 0 saturated heterocycles. The number of halogens is 1. The van der Waals surface area contributed by atoms with Crippen molar-refractivity contribution in [2.24, 2.45) is 0 Å². The van der Waals surface area contributed by atoms with Crippen molar-refractivity contribution in [3.63, 3.8) is 0 Å². The van der Waals surface area contributed by atoms with Gasteiger partial charge in [0.1, 0.15) is 5.75 Å². The van der Waals surface area contributed by atoms with Crippen LogP contribution < -0.4 is 15.4 Å². The Bertz CT molecular complexity index is 866. The minimum Gasteiger partial charge on any atom is -0.494 e. The molecule has 0 unspecified atom stereocenters. The molecule has 2 N–H and O–H groups in total. The molecule has 6 nitrogen and oxygen atoms in total. The van der Waals surface area contributed by atoms with Gasteiger partial charge in [-0.05, 0) is 67.7 Å². The van der Waals surface area contributed by atoms with Crippen LogP contribution in [0.15, 0.2) is 53.1 Å². The standard InChI is InChI=1S/C18H17ClN4O2S/c1-2-24-15-9-3-12(4-10-15)17-22-16(25-23-17)11-20-18(26)21-14-7-5-13(19)6-8-14/h3-10H,2,11H2,1H3,(H2,20,21,26). The van der Waals surface area contributed by atoms with Crippen LogP contribution in [0, 0.1) is 0 Å². The van der Waals surface area contributed by atoms with E-state index in [0.29, 0.717) is 35.0 Å². The third-order valence-corrected chi connectivity index (χ3v) is 3.89. The highest BCUT2D eigenvalue weighted by Crippen LogP contribution is 2.20. The molecule has 26 heavy (non-hydrogen) atoms. The maximum Gasteiger partial charge on any atom is 0.246 e. The molecule has 0 bridgehead atoms. The Morgan fingerprint density at radius 2 is 1.88 bits per heavy atom. The van der Waals surface area contributed by atoms with Gasteiger partial charge >= 0.3 is 0 Å². The summed E-state index contributed by atoms with van der Waals surface area (Å²) in [6.45, 7) is 2.89. The topological polar surface area (TPSA) is 72.2 Å². The first-order valence-electron chi connectivity index (χ1n) is 8.00. The number of ether oxygens (including phenoxy) is 1. The molecule has 0 aliphatic carbocycles. The van der Waals surface area contributed by atoms with Gasteiger partial charge in [-0.1, -0.05) is 16.8 Å². The second-order valence-corrected chi connectivity index (χ2v) is 6.13. The predicted octanol–water partition coefficient (Wildman–Crippen LogP) is 4.28. The maximum absolute atomic E-state index is 5.86. The third-order valence-electron chi connectivity index (χ3n) is 3.39. The average Bonchev–Trinajstić information content (AvgIpc) is 3.12. The molecule has 3 aromatic rings. The largest absolute Gasteiger partial charge is 0.494 e. The molecular weight excluding hydrogens is 372 g/mol. The van der Waals surface area contributed by atoms with Crippen LogP contribution in [0.1, 0.15) is 12.8 Å². The van der Waals surface area contributed by atoms with Gasteiger partial charge in [-0.25, -0.2) is 0 Å². The fourth-order valence-electron chi connectivity index (χ4n) is 2.18. The van der Waals surface area contributed by atoms with Gasteiger partial charge in [0.2, 0.25) is 11.7 Å². The highest BCUT2D eigenvalue weighted by atomic mass is 35.5. The van der Waals surface area contributed by atoms with E-state index in [1.165, 1.54) is 0 Å². The van der Waals surface area contributed by atoms with Crippen LogP contribution in [0.25, 0.3) is 11.4 Å². The van der Waals surface area contributed by atoms with E-state index in [9.17, 15) is 0 Å². The Morgan fingerprint density at radius 1 is 1.15 bits per heavy atom. The summed E-state index contributed by atoms with van der Waals surface area (Å²) in [5.41, 5.74) is 1.69. The van der Waals surface area contributed by atoms with Crippen molar-refractivity contribution in [2.45, 2.75) is 13.5 Å². The number of aromatic nitrogens is 2. The Hall–Kier alpha value is -2.64. The van der Waals surface area contributed by atoms with Gasteiger partial charge < -0.3 is 19.9 Å². The van der Waals surface area contributed by atoms with Gasteiger partial charge in [-0.3, -0.25) is 0 Å². The van der Waals surface area contributed by atoms with Gasteiger partial charge in [-0.15, -0.1) is 0 Å². The first-order valence-corrected chi connectivity index (χ1v) is 8.79. The molecule has 0 radical (unpaired) electrons. The molecule has 0 atom stereocenters. The van der Waals surface area contributed by atoms with Crippen molar-refractivity contribution < 1.29 is 9.26 Å². The second kappa shape index (κ2) is 8.64. The summed E-state index contributed by atoms with van der Waals surface area (Å²) in [6, 6.07) is 14.8. The number of benzene rings is 2. The van der Waals surface area contributed by atoms with Crippen molar-refractivity contribution in [1.82, 2.24) is 15.5 Å².